The Bertz CT molecular complexity index is 2710. The summed E-state index contributed by atoms with van der Waals surface area (Å²) in [4.78, 5) is 8.56. The molecule has 0 spiro atoms. The molecule has 0 aliphatic carbocycles. The summed E-state index contributed by atoms with van der Waals surface area (Å²) in [7, 11) is -1.78. The Hall–Kier alpha value is -6.71. The van der Waals surface area contributed by atoms with Crippen molar-refractivity contribution in [2.24, 2.45) is 0 Å². The Labute approximate surface area is 527 Å². The van der Waals surface area contributed by atoms with Crippen LogP contribution in [0.25, 0.3) is 0 Å². The van der Waals surface area contributed by atoms with Gasteiger partial charge >= 0.3 is 35.7 Å². The van der Waals surface area contributed by atoms with Gasteiger partial charge in [0.25, 0.3) is 0 Å². The fourth-order valence-corrected chi connectivity index (χ4v) is 17.9. The van der Waals surface area contributed by atoms with Gasteiger partial charge in [-0.3, -0.25) is 0 Å². The van der Waals surface area contributed by atoms with Crippen molar-refractivity contribution < 1.29 is 66.4 Å². The molecule has 12 rings (SSSR count). The van der Waals surface area contributed by atoms with E-state index in [9.17, 15) is 0 Å². The molecule has 0 atom stereocenters. The molecule has 12 aromatic carbocycles. The topological polar surface area (TPSA) is 57.5 Å². The molecule has 0 aromatic heterocycles. The van der Waals surface area contributed by atoms with Gasteiger partial charge in [0, 0.05) is 20.4 Å². The van der Waals surface area contributed by atoms with E-state index < -0.39 is 37.8 Å². The second-order valence-corrected chi connectivity index (χ2v) is 26.5. The van der Waals surface area contributed by atoms with Gasteiger partial charge in [0.05, 0.1) is 0 Å². The van der Waals surface area contributed by atoms with Crippen LogP contribution in [0.5, 0.6) is 0 Å². The second kappa shape index (κ2) is 36.7. The predicted molar refractivity (Wildman–Crippen MR) is 352 cm³/mol. The Morgan fingerprint density at radius 2 is 0.256 bits per heavy atom. The molecule has 9 heteroatoms. The van der Waals surface area contributed by atoms with Gasteiger partial charge < -0.3 is 11.6 Å². The zero-order chi connectivity index (χ0) is 55.2. The maximum atomic E-state index is 8.56. The van der Waals surface area contributed by atoms with E-state index in [0.29, 0.717) is 0 Å². The summed E-state index contributed by atoms with van der Waals surface area (Å²) >= 11 is 0. The molecule has 0 radical (unpaired) electrons. The molecule has 0 aliphatic heterocycles. The fourth-order valence-electron chi connectivity index (χ4n) is 8.71. The number of rotatable bonds is 12. The molecule has 0 fully saturated rings. The van der Waals surface area contributed by atoms with Gasteiger partial charge in [-0.25, -0.2) is 4.79 Å². The minimum atomic E-state index is -1.83. The average molecular weight is 1240 g/mol. The molecule has 0 unspecified atom stereocenters. The van der Waals surface area contributed by atoms with Crippen molar-refractivity contribution in [3.8, 4) is 0 Å². The third kappa shape index (κ3) is 20.3. The molecule has 3 nitrogen and oxygen atoms in total. The van der Waals surface area contributed by atoms with Crippen LogP contribution >= 0.6 is 31.7 Å². The monoisotopic (exact) mass is 1240 g/mol. The van der Waals surface area contributed by atoms with E-state index >= 15 is 0 Å². The molecule has 0 heterocycles. The first-order valence-corrected chi connectivity index (χ1v) is 31.6. The Morgan fingerprint density at radius 3 is 0.317 bits per heavy atom. The smallest absolute Gasteiger partial charge is 1.00 e. The van der Waals surface area contributed by atoms with Crippen molar-refractivity contribution in [3.05, 3.63) is 364 Å². The summed E-state index contributed by atoms with van der Waals surface area (Å²) < 4.78 is 0. The third-order valence-electron chi connectivity index (χ3n) is 12.2. The number of hydrogen-bond acceptors (Lipinski definition) is 1. The number of benzene rings is 12. The van der Waals surface area contributed by atoms with Crippen molar-refractivity contribution in [1.82, 2.24) is 0 Å². The first-order valence-electron chi connectivity index (χ1n) is 26.3. The molecule has 0 saturated carbocycles. The van der Waals surface area contributed by atoms with Gasteiger partial charge in [-0.15, -0.1) is 0 Å². The molecular formula is C73H63NaO3P4Pd. The first kappa shape index (κ1) is 64.5. The third-order valence-corrected chi connectivity index (χ3v) is 21.9. The minimum Gasteiger partial charge on any atom is -1.00 e. The number of hydrogen-bond donors (Lipinski definition) is 2. The van der Waals surface area contributed by atoms with Crippen LogP contribution in [0.3, 0.4) is 0 Å². The van der Waals surface area contributed by atoms with Crippen molar-refractivity contribution in [2.45, 2.75) is 0 Å². The Balaban J connectivity index is 0.000000196. The van der Waals surface area contributed by atoms with Crippen molar-refractivity contribution in [3.63, 3.8) is 0 Å². The molecule has 0 aliphatic rings. The summed E-state index contributed by atoms with van der Waals surface area (Å²) in [6, 6.07) is 129. The van der Waals surface area contributed by atoms with E-state index in [1.54, 1.807) is 0 Å². The van der Waals surface area contributed by atoms with Gasteiger partial charge in [-0.2, -0.15) is 0 Å². The maximum Gasteiger partial charge on any atom is 1.00 e. The van der Waals surface area contributed by atoms with Gasteiger partial charge in [0.2, 0.25) is 0 Å². The van der Waals surface area contributed by atoms with Crippen LogP contribution in [0.1, 0.15) is 1.43 Å². The molecule has 0 amide bonds. The molecule has 12 aromatic rings. The first-order chi connectivity index (χ1) is 39.5. The number of carboxylic acid groups (broad SMARTS) is 2. The number of carbonyl (C=O) groups is 1. The van der Waals surface area contributed by atoms with Crippen LogP contribution < -0.4 is 93.2 Å². The Morgan fingerprint density at radius 1 is 0.195 bits per heavy atom. The van der Waals surface area contributed by atoms with Crippen LogP contribution in [0, 0.1) is 0 Å². The van der Waals surface area contributed by atoms with Gasteiger partial charge in [-0.1, -0.05) is 364 Å². The van der Waals surface area contributed by atoms with E-state index in [1.165, 1.54) is 63.7 Å². The van der Waals surface area contributed by atoms with Gasteiger partial charge in [0.1, 0.15) is 0 Å². The quantitative estimate of drug-likeness (QED) is 0.0947. The Kier molecular flexibility index (Phi) is 28.8. The molecule has 404 valence electrons. The zero-order valence-corrected chi connectivity index (χ0v) is 52.7. The van der Waals surface area contributed by atoms with Gasteiger partial charge in [-0.05, 0) is 95.3 Å². The van der Waals surface area contributed by atoms with Crippen LogP contribution in [0.2, 0.25) is 0 Å². The van der Waals surface area contributed by atoms with E-state index in [1.807, 2.05) is 0 Å². The van der Waals surface area contributed by atoms with Crippen LogP contribution in [-0.2, 0) is 20.4 Å². The molecular weight excluding hydrogens is 1180 g/mol. The molecule has 0 bridgehead atoms. The minimum absolute atomic E-state index is 0. The summed E-state index contributed by atoms with van der Waals surface area (Å²) in [5.41, 5.74) is 0. The summed E-state index contributed by atoms with van der Waals surface area (Å²) in [5, 5.41) is 30.7. The molecule has 82 heavy (non-hydrogen) atoms. The maximum absolute atomic E-state index is 8.56. The van der Waals surface area contributed by atoms with Crippen molar-refractivity contribution >= 4 is 101 Å². The largest absolute Gasteiger partial charge is 1.00 e. The van der Waals surface area contributed by atoms with Crippen LogP contribution in [-0.4, -0.2) is 16.4 Å². The van der Waals surface area contributed by atoms with Crippen LogP contribution in [0.15, 0.2) is 364 Å². The van der Waals surface area contributed by atoms with E-state index in [4.69, 9.17) is 15.0 Å². The van der Waals surface area contributed by atoms with E-state index in [2.05, 4.69) is 364 Å². The fraction of sp³-hybridized carbons (Fsp3) is 0. The predicted octanol–water partition coefficient (Wildman–Crippen LogP) is 11.1. The molecule has 2 N–H and O–H groups in total. The van der Waals surface area contributed by atoms with Gasteiger partial charge in [0.15, 0.2) is 0 Å². The standard InChI is InChI=1S/4C18H15P.CH2O3.Na.Pd.H/c4*1-4-10-16(11-5-1)19(17-12-6-2-7-13-17)18-14-8-3-9-15-18;2-1(3)4;;;/h4*1-15H;(H2,2,3,4);;;/q;;;;;+1;;-1. The summed E-state index contributed by atoms with van der Waals surface area (Å²) in [6.07, 6.45) is -1.83. The molecule has 0 saturated heterocycles. The summed E-state index contributed by atoms with van der Waals surface area (Å²) in [5.74, 6) is 0. The van der Waals surface area contributed by atoms with Crippen molar-refractivity contribution in [2.75, 3.05) is 0 Å². The average Bonchev–Trinajstić information content (AvgIpc) is 3.62. The van der Waals surface area contributed by atoms with E-state index in [-0.39, 0.29) is 51.4 Å². The summed E-state index contributed by atoms with van der Waals surface area (Å²) in [6.45, 7) is 0. The SMILES string of the molecule is O=C(O)O.[H-].[Na+].[Pd].c1ccc(P(c2ccccc2)c2ccccc2)cc1.c1ccc(P(c2ccccc2)c2ccccc2)cc1.c1ccc(P(c2ccccc2)c2ccccc2)cc1.c1ccc(P(c2ccccc2)c2ccccc2)cc1. The normalized spacial score (nSPS) is 10.1. The zero-order valence-electron chi connectivity index (χ0n) is 46.5. The second-order valence-electron chi connectivity index (χ2n) is 17.7. The van der Waals surface area contributed by atoms with Crippen molar-refractivity contribution in [1.29, 1.82) is 0 Å². The van der Waals surface area contributed by atoms with Crippen LogP contribution in [0.4, 0.5) is 4.79 Å². The van der Waals surface area contributed by atoms with E-state index in [0.717, 1.165) is 0 Å².